The van der Waals surface area contributed by atoms with E-state index >= 15 is 0 Å². The quantitative estimate of drug-likeness (QED) is 0.767. The number of aromatic nitrogens is 4. The second-order valence-corrected chi connectivity index (χ2v) is 7.04. The van der Waals surface area contributed by atoms with E-state index in [0.29, 0.717) is 11.6 Å². The van der Waals surface area contributed by atoms with Crippen LogP contribution in [0.25, 0.3) is 0 Å². The molecule has 0 N–H and O–H groups in total. The van der Waals surface area contributed by atoms with E-state index in [0.717, 1.165) is 27.4 Å². The Morgan fingerprint density at radius 3 is 2.81 bits per heavy atom. The van der Waals surface area contributed by atoms with Gasteiger partial charge in [0.1, 0.15) is 0 Å². The molecule has 0 unspecified atom stereocenters. The number of nitrogens with zero attached hydrogens (tertiary/aromatic N) is 4. The minimum absolute atomic E-state index is 0.0502. The highest BCUT2D eigenvalue weighted by molar-refractivity contribution is 9.10. The summed E-state index contributed by atoms with van der Waals surface area (Å²) in [6.07, 6.45) is 4.78. The van der Waals surface area contributed by atoms with Gasteiger partial charge in [0.2, 0.25) is 5.16 Å². The van der Waals surface area contributed by atoms with Gasteiger partial charge in [-0.25, -0.2) is 4.68 Å². The van der Waals surface area contributed by atoms with Gasteiger partial charge in [0.05, 0.1) is 6.04 Å². The molecule has 0 radical (unpaired) electrons. The number of tetrazole rings is 1. The molecule has 0 aliphatic heterocycles. The van der Waals surface area contributed by atoms with Crippen LogP contribution in [0.2, 0.25) is 0 Å². The van der Waals surface area contributed by atoms with Crippen molar-refractivity contribution in [2.24, 2.45) is 0 Å². The molecule has 1 aliphatic rings. The van der Waals surface area contributed by atoms with Crippen LogP contribution in [-0.2, 0) is 0 Å². The lowest BCUT2D eigenvalue weighted by atomic mass is 10.2. The van der Waals surface area contributed by atoms with Gasteiger partial charge in [0.15, 0.2) is 5.78 Å². The number of carbonyl (C=O) groups excluding carboxylic acids is 1. The number of halogens is 1. The van der Waals surface area contributed by atoms with E-state index in [1.807, 2.05) is 22.9 Å². The fraction of sp³-hybridized carbons (Fsp3) is 0.429. The Hall–Kier alpha value is -1.21. The number of hydrogen-bond acceptors (Lipinski definition) is 5. The molecule has 1 heterocycles. The Kier molecular flexibility index (Phi) is 4.40. The average Bonchev–Trinajstić information content (AvgIpc) is 3.08. The molecule has 3 rings (SSSR count). The Balaban J connectivity index is 1.82. The van der Waals surface area contributed by atoms with Crippen molar-refractivity contribution in [2.45, 2.75) is 48.7 Å². The van der Waals surface area contributed by atoms with E-state index in [-0.39, 0.29) is 5.78 Å². The van der Waals surface area contributed by atoms with Crippen LogP contribution < -0.4 is 0 Å². The van der Waals surface area contributed by atoms with E-state index in [1.165, 1.54) is 24.6 Å². The molecule has 1 saturated carbocycles. The topological polar surface area (TPSA) is 60.7 Å². The largest absolute Gasteiger partial charge is 0.294 e. The lowest BCUT2D eigenvalue weighted by molar-refractivity contribution is 0.101. The monoisotopic (exact) mass is 366 g/mol. The summed E-state index contributed by atoms with van der Waals surface area (Å²) in [6.45, 7) is 1.56. The van der Waals surface area contributed by atoms with E-state index < -0.39 is 0 Å². The zero-order chi connectivity index (χ0) is 14.8. The maximum atomic E-state index is 11.4. The molecule has 7 heteroatoms. The third-order valence-corrected chi connectivity index (χ3v) is 5.26. The van der Waals surface area contributed by atoms with Crippen molar-refractivity contribution in [1.29, 1.82) is 0 Å². The number of hydrogen-bond donors (Lipinski definition) is 0. The predicted octanol–water partition coefficient (Wildman–Crippen LogP) is 3.90. The first kappa shape index (κ1) is 14.7. The Morgan fingerprint density at radius 1 is 1.38 bits per heavy atom. The van der Waals surface area contributed by atoms with Crippen LogP contribution in [0.3, 0.4) is 0 Å². The van der Waals surface area contributed by atoms with Gasteiger partial charge >= 0.3 is 0 Å². The lowest BCUT2D eigenvalue weighted by Crippen LogP contribution is -2.08. The van der Waals surface area contributed by atoms with Gasteiger partial charge in [-0.15, -0.1) is 5.10 Å². The first-order chi connectivity index (χ1) is 10.1. The highest BCUT2D eigenvalue weighted by Crippen LogP contribution is 2.34. The maximum Gasteiger partial charge on any atom is 0.214 e. The fourth-order valence-corrected chi connectivity index (χ4v) is 4.27. The van der Waals surface area contributed by atoms with Gasteiger partial charge in [-0.2, -0.15) is 0 Å². The molecule has 21 heavy (non-hydrogen) atoms. The van der Waals surface area contributed by atoms with Crippen LogP contribution in [0, 0.1) is 0 Å². The van der Waals surface area contributed by atoms with Crippen LogP contribution in [0.5, 0.6) is 0 Å². The summed E-state index contributed by atoms with van der Waals surface area (Å²) in [6, 6.07) is 6.12. The van der Waals surface area contributed by atoms with Gasteiger partial charge in [0, 0.05) is 14.9 Å². The Morgan fingerprint density at radius 2 is 2.14 bits per heavy atom. The Labute approximate surface area is 135 Å². The van der Waals surface area contributed by atoms with Crippen molar-refractivity contribution < 1.29 is 4.79 Å². The van der Waals surface area contributed by atoms with Crippen molar-refractivity contribution >= 4 is 33.5 Å². The lowest BCUT2D eigenvalue weighted by Gasteiger charge is -2.11. The Bertz CT molecular complexity index is 667. The molecular weight excluding hydrogens is 352 g/mol. The normalized spacial score (nSPS) is 15.5. The standard InChI is InChI=1S/C14H15BrN4OS/c1-9(20)12-7-6-11(8-13(12)15)21-14-16-17-18-19(14)10-4-2-3-5-10/h6-8,10H,2-5H2,1H3. The minimum Gasteiger partial charge on any atom is -0.294 e. The summed E-state index contributed by atoms with van der Waals surface area (Å²) >= 11 is 4.97. The zero-order valence-corrected chi connectivity index (χ0v) is 14.0. The molecule has 0 bridgehead atoms. The SMILES string of the molecule is CC(=O)c1ccc(Sc2nnnn2C2CCCC2)cc1Br. The molecule has 0 saturated heterocycles. The van der Waals surface area contributed by atoms with Crippen LogP contribution in [0.15, 0.2) is 32.7 Å². The first-order valence-corrected chi connectivity index (χ1v) is 8.52. The minimum atomic E-state index is 0.0502. The van der Waals surface area contributed by atoms with Crippen molar-refractivity contribution in [1.82, 2.24) is 20.2 Å². The van der Waals surface area contributed by atoms with Gasteiger partial charge < -0.3 is 0 Å². The molecule has 5 nitrogen and oxygen atoms in total. The van der Waals surface area contributed by atoms with Crippen molar-refractivity contribution in [2.75, 3.05) is 0 Å². The molecular formula is C14H15BrN4OS. The maximum absolute atomic E-state index is 11.4. The highest BCUT2D eigenvalue weighted by Gasteiger charge is 2.22. The fourth-order valence-electron chi connectivity index (χ4n) is 2.58. The van der Waals surface area contributed by atoms with E-state index in [4.69, 9.17) is 0 Å². The molecule has 1 aromatic heterocycles. The molecule has 1 aromatic carbocycles. The number of benzene rings is 1. The molecule has 0 spiro atoms. The number of rotatable bonds is 4. The summed E-state index contributed by atoms with van der Waals surface area (Å²) in [7, 11) is 0. The first-order valence-electron chi connectivity index (χ1n) is 6.91. The number of ketones is 1. The van der Waals surface area contributed by atoms with Crippen molar-refractivity contribution in [3.63, 3.8) is 0 Å². The average molecular weight is 367 g/mol. The molecule has 110 valence electrons. The van der Waals surface area contributed by atoms with Gasteiger partial charge in [-0.3, -0.25) is 4.79 Å². The second kappa shape index (κ2) is 6.27. The van der Waals surface area contributed by atoms with Gasteiger partial charge in [-0.1, -0.05) is 28.8 Å². The third kappa shape index (κ3) is 3.18. The van der Waals surface area contributed by atoms with E-state index in [1.54, 1.807) is 6.92 Å². The van der Waals surface area contributed by atoms with E-state index in [2.05, 4.69) is 31.5 Å². The predicted molar refractivity (Wildman–Crippen MR) is 83.6 cm³/mol. The van der Waals surface area contributed by atoms with Crippen LogP contribution in [-0.4, -0.2) is 26.0 Å². The third-order valence-electron chi connectivity index (χ3n) is 3.66. The molecule has 0 atom stereocenters. The summed E-state index contributed by atoms with van der Waals surface area (Å²) in [5, 5.41) is 12.9. The van der Waals surface area contributed by atoms with Gasteiger partial charge in [-0.05, 0) is 60.2 Å². The van der Waals surface area contributed by atoms with Crippen LogP contribution in [0.4, 0.5) is 0 Å². The zero-order valence-electron chi connectivity index (χ0n) is 11.6. The second-order valence-electron chi connectivity index (χ2n) is 5.14. The summed E-state index contributed by atoms with van der Waals surface area (Å²) < 4.78 is 2.74. The molecule has 1 aliphatic carbocycles. The van der Waals surface area contributed by atoms with Gasteiger partial charge in [0.25, 0.3) is 0 Å². The summed E-state index contributed by atoms with van der Waals surface area (Å²) in [5.41, 5.74) is 0.690. The van der Waals surface area contributed by atoms with Crippen molar-refractivity contribution in [3.8, 4) is 0 Å². The smallest absolute Gasteiger partial charge is 0.214 e. The van der Waals surface area contributed by atoms with Crippen molar-refractivity contribution in [3.05, 3.63) is 28.2 Å². The number of Topliss-reactive ketones (excluding diaryl/α,β-unsaturated/α-hetero) is 1. The summed E-state index contributed by atoms with van der Waals surface area (Å²) in [4.78, 5) is 12.5. The summed E-state index contributed by atoms with van der Waals surface area (Å²) in [5.74, 6) is 0.0502. The highest BCUT2D eigenvalue weighted by atomic mass is 79.9. The molecule has 0 amide bonds. The molecule has 2 aromatic rings. The number of carbonyl (C=O) groups is 1. The van der Waals surface area contributed by atoms with Crippen LogP contribution >= 0.6 is 27.7 Å². The van der Waals surface area contributed by atoms with Crippen LogP contribution in [0.1, 0.15) is 49.0 Å². The van der Waals surface area contributed by atoms with E-state index in [9.17, 15) is 4.79 Å². The molecule has 1 fully saturated rings.